The fourth-order valence-electron chi connectivity index (χ4n) is 2.03. The van der Waals surface area contributed by atoms with Gasteiger partial charge in [0.1, 0.15) is 5.75 Å². The molecule has 1 fully saturated rings. The summed E-state index contributed by atoms with van der Waals surface area (Å²) in [6, 6.07) is 7.21. The predicted octanol–water partition coefficient (Wildman–Crippen LogP) is 2.21. The zero-order valence-corrected chi connectivity index (χ0v) is 15.0. The summed E-state index contributed by atoms with van der Waals surface area (Å²) in [7, 11) is 1.58. The van der Waals surface area contributed by atoms with E-state index in [0.717, 1.165) is 28.0 Å². The lowest BCUT2D eigenvalue weighted by Gasteiger charge is -2.12. The molecule has 3 amide bonds. The van der Waals surface area contributed by atoms with Gasteiger partial charge in [-0.3, -0.25) is 19.3 Å². The molecular weight excluding hydrogens is 348 g/mol. The Balaban J connectivity index is 1.97. The molecule has 0 saturated carbocycles. The minimum atomic E-state index is -0.333. The highest BCUT2D eigenvalue weighted by Gasteiger charge is 2.34. The van der Waals surface area contributed by atoms with Crippen molar-refractivity contribution < 1.29 is 19.1 Å². The number of hydrogen-bond acceptors (Lipinski definition) is 6. The number of hydrogen-bond donors (Lipinski definition) is 1. The molecule has 0 radical (unpaired) electrons. The maximum absolute atomic E-state index is 12.3. The molecular formula is C16H18N2O4S2. The van der Waals surface area contributed by atoms with Crippen molar-refractivity contribution in [2.75, 3.05) is 32.2 Å². The Kier molecular flexibility index (Phi) is 6.74. The van der Waals surface area contributed by atoms with E-state index in [2.05, 4.69) is 5.32 Å². The number of nitrogens with zero attached hydrogens (tertiary/aromatic N) is 1. The van der Waals surface area contributed by atoms with Crippen molar-refractivity contribution in [1.82, 2.24) is 10.2 Å². The average Bonchev–Trinajstić information content (AvgIpc) is 2.83. The van der Waals surface area contributed by atoms with Gasteiger partial charge in [-0.15, -0.1) is 0 Å². The molecule has 1 N–H and O–H groups in total. The molecule has 1 aliphatic heterocycles. The van der Waals surface area contributed by atoms with E-state index in [9.17, 15) is 14.4 Å². The van der Waals surface area contributed by atoms with Crippen molar-refractivity contribution in [3.05, 3.63) is 34.7 Å². The van der Waals surface area contributed by atoms with Gasteiger partial charge in [-0.05, 0) is 41.8 Å². The number of nitrogens with one attached hydrogen (secondary N) is 1. The molecule has 0 aromatic heterocycles. The van der Waals surface area contributed by atoms with Gasteiger partial charge in [0.2, 0.25) is 5.91 Å². The number of amides is 3. The Morgan fingerprint density at radius 2 is 2.04 bits per heavy atom. The lowest BCUT2D eigenvalue weighted by molar-refractivity contribution is -0.123. The van der Waals surface area contributed by atoms with Crippen LogP contribution in [0.2, 0.25) is 0 Å². The van der Waals surface area contributed by atoms with Crippen molar-refractivity contribution in [3.8, 4) is 5.75 Å². The summed E-state index contributed by atoms with van der Waals surface area (Å²) in [4.78, 5) is 37.2. The standard InChI is InChI=1S/C16H18N2O4S2/c1-22-12-5-3-11(4-6-12)9-13-15(20)18(16(21)24-13)8-7-17-14(19)10-23-2/h3-6,9H,7-8,10H2,1-2H3,(H,17,19). The fourth-order valence-corrected chi connectivity index (χ4v) is 3.26. The number of carbonyl (C=O) groups excluding carboxylic acids is 3. The van der Waals surface area contributed by atoms with Crippen LogP contribution in [0.3, 0.4) is 0 Å². The first kappa shape index (κ1) is 18.4. The van der Waals surface area contributed by atoms with Crippen molar-refractivity contribution in [1.29, 1.82) is 0 Å². The van der Waals surface area contributed by atoms with E-state index in [1.165, 1.54) is 11.8 Å². The summed E-state index contributed by atoms with van der Waals surface area (Å²) in [5, 5.41) is 2.36. The van der Waals surface area contributed by atoms with E-state index in [1.54, 1.807) is 25.3 Å². The van der Waals surface area contributed by atoms with Crippen LogP contribution in [0.25, 0.3) is 6.08 Å². The Morgan fingerprint density at radius 1 is 1.33 bits per heavy atom. The van der Waals surface area contributed by atoms with E-state index >= 15 is 0 Å². The third-order valence-electron chi connectivity index (χ3n) is 3.22. The van der Waals surface area contributed by atoms with Gasteiger partial charge in [-0.2, -0.15) is 11.8 Å². The first-order valence-electron chi connectivity index (χ1n) is 7.20. The van der Waals surface area contributed by atoms with Gasteiger partial charge in [0.05, 0.1) is 17.8 Å². The van der Waals surface area contributed by atoms with Crippen molar-refractivity contribution in [2.45, 2.75) is 0 Å². The second kappa shape index (κ2) is 8.79. The van der Waals surface area contributed by atoms with Crippen LogP contribution in [0.5, 0.6) is 5.75 Å². The SMILES string of the molecule is COc1ccc(C=C2SC(=O)N(CCNC(=O)CSC)C2=O)cc1. The summed E-state index contributed by atoms with van der Waals surface area (Å²) in [6.07, 6.45) is 3.51. The van der Waals surface area contributed by atoms with E-state index in [-0.39, 0.29) is 30.1 Å². The zero-order chi connectivity index (χ0) is 17.5. The topological polar surface area (TPSA) is 75.7 Å². The van der Waals surface area contributed by atoms with Crippen LogP contribution in [-0.4, -0.2) is 54.2 Å². The van der Waals surface area contributed by atoms with Crippen LogP contribution < -0.4 is 10.1 Å². The summed E-state index contributed by atoms with van der Waals surface area (Å²) in [6.45, 7) is 0.429. The van der Waals surface area contributed by atoms with Crippen molar-refractivity contribution in [3.63, 3.8) is 0 Å². The molecule has 0 aliphatic carbocycles. The Labute approximate surface area is 149 Å². The van der Waals surface area contributed by atoms with Crippen LogP contribution in [0.4, 0.5) is 4.79 Å². The summed E-state index contributed by atoms with van der Waals surface area (Å²) in [5.41, 5.74) is 0.814. The molecule has 1 aromatic rings. The van der Waals surface area contributed by atoms with Gasteiger partial charge in [-0.1, -0.05) is 12.1 Å². The number of ether oxygens (including phenoxy) is 1. The largest absolute Gasteiger partial charge is 0.497 e. The van der Waals surface area contributed by atoms with E-state index in [1.807, 2.05) is 18.4 Å². The number of benzene rings is 1. The number of imide groups is 1. The molecule has 2 rings (SSSR count). The quantitative estimate of drug-likeness (QED) is 0.746. The molecule has 8 heteroatoms. The van der Waals surface area contributed by atoms with Crippen LogP contribution >= 0.6 is 23.5 Å². The zero-order valence-electron chi connectivity index (χ0n) is 13.4. The van der Waals surface area contributed by atoms with Crippen molar-refractivity contribution in [2.24, 2.45) is 0 Å². The molecule has 0 bridgehead atoms. The lowest BCUT2D eigenvalue weighted by atomic mass is 10.2. The maximum atomic E-state index is 12.3. The van der Waals surface area contributed by atoms with Crippen LogP contribution in [-0.2, 0) is 9.59 Å². The molecule has 1 aliphatic rings. The molecule has 0 spiro atoms. The molecule has 0 atom stereocenters. The number of thioether (sulfide) groups is 2. The minimum absolute atomic E-state index is 0.108. The van der Waals surface area contributed by atoms with Gasteiger partial charge in [0.15, 0.2) is 0 Å². The van der Waals surface area contributed by atoms with Gasteiger partial charge in [-0.25, -0.2) is 0 Å². The molecule has 1 aromatic carbocycles. The van der Waals surface area contributed by atoms with Crippen LogP contribution in [0.15, 0.2) is 29.2 Å². The highest BCUT2D eigenvalue weighted by Crippen LogP contribution is 2.32. The van der Waals surface area contributed by atoms with Crippen LogP contribution in [0, 0.1) is 0 Å². The molecule has 0 unspecified atom stereocenters. The molecule has 1 saturated heterocycles. The second-order valence-corrected chi connectivity index (χ2v) is 6.75. The Morgan fingerprint density at radius 3 is 2.67 bits per heavy atom. The monoisotopic (exact) mass is 366 g/mol. The third kappa shape index (κ3) is 4.78. The summed E-state index contributed by atoms with van der Waals surface area (Å²) >= 11 is 2.32. The number of rotatable bonds is 7. The molecule has 1 heterocycles. The minimum Gasteiger partial charge on any atom is -0.497 e. The highest BCUT2D eigenvalue weighted by atomic mass is 32.2. The molecule has 6 nitrogen and oxygen atoms in total. The molecule has 24 heavy (non-hydrogen) atoms. The Bertz CT molecular complexity index is 659. The van der Waals surface area contributed by atoms with Crippen molar-refractivity contribution >= 4 is 46.7 Å². The van der Waals surface area contributed by atoms with Gasteiger partial charge in [0, 0.05) is 13.1 Å². The summed E-state index contributed by atoms with van der Waals surface area (Å²) in [5.74, 6) is 0.642. The maximum Gasteiger partial charge on any atom is 0.293 e. The smallest absolute Gasteiger partial charge is 0.293 e. The Hall–Kier alpha value is -1.93. The lowest BCUT2D eigenvalue weighted by Crippen LogP contribution is -2.37. The first-order valence-corrected chi connectivity index (χ1v) is 9.41. The van der Waals surface area contributed by atoms with Gasteiger partial charge in [0.25, 0.3) is 11.1 Å². The van der Waals surface area contributed by atoms with Gasteiger partial charge >= 0.3 is 0 Å². The predicted molar refractivity (Wildman–Crippen MR) is 97.1 cm³/mol. The van der Waals surface area contributed by atoms with Crippen LogP contribution in [0.1, 0.15) is 5.56 Å². The summed E-state index contributed by atoms with van der Waals surface area (Å²) < 4.78 is 5.08. The van der Waals surface area contributed by atoms with Gasteiger partial charge < -0.3 is 10.1 Å². The average molecular weight is 366 g/mol. The first-order chi connectivity index (χ1) is 11.5. The normalized spacial score (nSPS) is 15.9. The number of carbonyl (C=O) groups is 3. The number of methoxy groups -OCH3 is 1. The molecule has 128 valence electrons. The fraction of sp³-hybridized carbons (Fsp3) is 0.312. The second-order valence-electron chi connectivity index (χ2n) is 4.89. The van der Waals surface area contributed by atoms with E-state index in [0.29, 0.717) is 10.7 Å². The highest BCUT2D eigenvalue weighted by molar-refractivity contribution is 8.18. The van der Waals surface area contributed by atoms with E-state index < -0.39 is 0 Å². The third-order valence-corrected chi connectivity index (χ3v) is 4.68. The van der Waals surface area contributed by atoms with E-state index in [4.69, 9.17) is 4.74 Å².